The number of rotatable bonds is 6. The third-order valence-electron chi connectivity index (χ3n) is 5.42. The number of aromatic nitrogens is 1. The van der Waals surface area contributed by atoms with Gasteiger partial charge in [-0.15, -0.1) is 0 Å². The number of H-pyrrole nitrogens is 1. The highest BCUT2D eigenvalue weighted by atomic mass is 35.5. The van der Waals surface area contributed by atoms with Gasteiger partial charge in [0.05, 0.1) is 4.90 Å². The second-order valence-electron chi connectivity index (χ2n) is 8.15. The number of amides is 1. The summed E-state index contributed by atoms with van der Waals surface area (Å²) in [5, 5.41) is 22.1. The molecule has 1 heterocycles. The number of carbonyl (C=O) groups excluding carboxylic acids is 1. The number of nitrogens with one attached hydrogen (secondary N) is 2. The summed E-state index contributed by atoms with van der Waals surface area (Å²) < 4.78 is 27.5. The van der Waals surface area contributed by atoms with Crippen molar-refractivity contribution in [2.75, 3.05) is 0 Å². The van der Waals surface area contributed by atoms with Crippen molar-refractivity contribution in [3.8, 4) is 0 Å². The Kier molecular flexibility index (Phi) is 6.55. The normalized spacial score (nSPS) is 11.6. The highest BCUT2D eigenvalue weighted by Gasteiger charge is 2.30. The van der Waals surface area contributed by atoms with Crippen LogP contribution in [0.2, 0.25) is 5.02 Å². The molecule has 0 saturated carbocycles. The van der Waals surface area contributed by atoms with Gasteiger partial charge in [0.1, 0.15) is 10.6 Å². The van der Waals surface area contributed by atoms with Crippen LogP contribution in [0.25, 0.3) is 10.9 Å². The van der Waals surface area contributed by atoms with Crippen LogP contribution in [0.3, 0.4) is 0 Å². The van der Waals surface area contributed by atoms with Crippen LogP contribution in [0.5, 0.6) is 0 Å². The molecule has 1 amide bonds. The fourth-order valence-corrected chi connectivity index (χ4v) is 5.88. The zero-order valence-electron chi connectivity index (χ0n) is 18.5. The lowest BCUT2D eigenvalue weighted by molar-refractivity contribution is 0.0943. The highest BCUT2D eigenvalue weighted by Crippen LogP contribution is 2.34. The summed E-state index contributed by atoms with van der Waals surface area (Å²) in [5.74, 6) is -0.620. The maximum absolute atomic E-state index is 13.7. The van der Waals surface area contributed by atoms with E-state index >= 15 is 0 Å². The molecule has 4 rings (SSSR count). The molecule has 1 aromatic heterocycles. The first-order valence-corrected chi connectivity index (χ1v) is 12.3. The number of hydrogen-bond acceptors (Lipinski definition) is 5. The predicted molar refractivity (Wildman–Crippen MR) is 132 cm³/mol. The Morgan fingerprint density at radius 1 is 1.03 bits per heavy atom. The Balaban J connectivity index is 1.78. The van der Waals surface area contributed by atoms with Gasteiger partial charge in [0.25, 0.3) is 5.91 Å². The summed E-state index contributed by atoms with van der Waals surface area (Å²) >= 11 is 6.16. The average molecular weight is 497 g/mol. The van der Waals surface area contributed by atoms with Crippen molar-refractivity contribution in [2.45, 2.75) is 30.2 Å². The van der Waals surface area contributed by atoms with E-state index < -0.39 is 22.9 Å². The molecule has 0 aliphatic rings. The minimum absolute atomic E-state index is 0.0541. The number of fused-ring (bicyclic) bond motifs is 1. The maximum Gasteiger partial charge on any atom is 0.488 e. The molecule has 0 radical (unpaired) electrons. The highest BCUT2D eigenvalue weighted by molar-refractivity contribution is 7.91. The molecular weight excluding hydrogens is 475 g/mol. The molecule has 10 heteroatoms. The van der Waals surface area contributed by atoms with Crippen LogP contribution in [0.1, 0.15) is 27.2 Å². The van der Waals surface area contributed by atoms with Crippen molar-refractivity contribution in [2.24, 2.45) is 0 Å². The van der Waals surface area contributed by atoms with E-state index in [1.54, 1.807) is 48.5 Å². The topological polar surface area (TPSA) is 119 Å². The van der Waals surface area contributed by atoms with Crippen molar-refractivity contribution < 1.29 is 23.3 Å². The van der Waals surface area contributed by atoms with Crippen molar-refractivity contribution in [3.05, 3.63) is 88.1 Å². The Bertz CT molecular complexity index is 1500. The summed E-state index contributed by atoms with van der Waals surface area (Å²) in [6.45, 7) is 3.67. The summed E-state index contributed by atoms with van der Waals surface area (Å²) in [7, 11) is -5.71. The fourth-order valence-electron chi connectivity index (χ4n) is 3.92. The summed E-state index contributed by atoms with van der Waals surface area (Å²) in [5.41, 5.74) is 2.83. The number of aromatic amines is 1. The first-order valence-electron chi connectivity index (χ1n) is 10.4. The van der Waals surface area contributed by atoms with E-state index in [4.69, 9.17) is 11.6 Å². The molecule has 0 bridgehead atoms. The molecule has 34 heavy (non-hydrogen) atoms. The first-order chi connectivity index (χ1) is 16.1. The van der Waals surface area contributed by atoms with Crippen molar-refractivity contribution in [1.82, 2.24) is 10.3 Å². The minimum Gasteiger partial charge on any atom is -0.423 e. The molecule has 0 aliphatic carbocycles. The SMILES string of the molecule is Cc1cc(C)cc(S(=O)(=O)c2c(C(=O)NCc3cccc(B(O)O)c3)[nH]c3ccc(Cl)cc23)c1. The molecule has 0 fully saturated rings. The smallest absolute Gasteiger partial charge is 0.423 e. The Hall–Kier alpha value is -3.11. The third-order valence-corrected chi connectivity index (χ3v) is 7.47. The van der Waals surface area contributed by atoms with Gasteiger partial charge in [-0.3, -0.25) is 4.79 Å². The number of sulfone groups is 1. The van der Waals surface area contributed by atoms with Gasteiger partial charge < -0.3 is 20.3 Å². The standard InChI is InChI=1S/C24H22BClN2O5S/c1-14-8-15(2)10-19(9-14)34(32,33)23-20-12-18(26)6-7-21(20)28-22(23)24(29)27-13-16-4-3-5-17(11-16)25(30)31/h3-12,28,30-31H,13H2,1-2H3,(H,27,29). The molecule has 0 aliphatic heterocycles. The lowest BCUT2D eigenvalue weighted by Crippen LogP contribution is -2.31. The van der Waals surface area contributed by atoms with Gasteiger partial charge in [-0.1, -0.05) is 41.9 Å². The molecule has 7 nitrogen and oxygen atoms in total. The predicted octanol–water partition coefficient (Wildman–Crippen LogP) is 2.88. The Labute approximate surface area is 202 Å². The molecule has 3 aromatic carbocycles. The van der Waals surface area contributed by atoms with E-state index in [1.165, 1.54) is 6.07 Å². The lowest BCUT2D eigenvalue weighted by Gasteiger charge is -2.10. The van der Waals surface area contributed by atoms with Gasteiger partial charge >= 0.3 is 7.12 Å². The van der Waals surface area contributed by atoms with Gasteiger partial charge in [-0.25, -0.2) is 8.42 Å². The average Bonchev–Trinajstić information content (AvgIpc) is 3.16. The largest absolute Gasteiger partial charge is 0.488 e. The minimum atomic E-state index is -4.08. The maximum atomic E-state index is 13.7. The van der Waals surface area contributed by atoms with Crippen LogP contribution in [0, 0.1) is 13.8 Å². The van der Waals surface area contributed by atoms with Gasteiger partial charge in [-0.05, 0) is 66.3 Å². The van der Waals surface area contributed by atoms with Crippen molar-refractivity contribution in [3.63, 3.8) is 0 Å². The van der Waals surface area contributed by atoms with E-state index in [1.807, 2.05) is 19.9 Å². The number of benzene rings is 3. The van der Waals surface area contributed by atoms with Crippen LogP contribution in [-0.4, -0.2) is 36.5 Å². The first kappa shape index (κ1) is 24.0. The van der Waals surface area contributed by atoms with Crippen molar-refractivity contribution in [1.29, 1.82) is 0 Å². The number of carbonyl (C=O) groups is 1. The van der Waals surface area contributed by atoms with Crippen LogP contribution < -0.4 is 10.8 Å². The number of halogens is 1. The second kappa shape index (κ2) is 9.27. The summed E-state index contributed by atoms with van der Waals surface area (Å²) in [6.07, 6.45) is 0. The zero-order chi connectivity index (χ0) is 24.6. The lowest BCUT2D eigenvalue weighted by atomic mass is 9.80. The van der Waals surface area contributed by atoms with Crippen LogP contribution in [0.4, 0.5) is 0 Å². The summed E-state index contributed by atoms with van der Waals surface area (Å²) in [6, 6.07) is 16.2. The molecule has 0 saturated heterocycles. The van der Waals surface area contributed by atoms with E-state index in [0.29, 0.717) is 21.5 Å². The van der Waals surface area contributed by atoms with Crippen LogP contribution >= 0.6 is 11.6 Å². The number of hydrogen-bond donors (Lipinski definition) is 4. The molecule has 4 aromatic rings. The fraction of sp³-hybridized carbons (Fsp3) is 0.125. The number of aryl methyl sites for hydroxylation is 2. The monoisotopic (exact) mass is 496 g/mol. The van der Waals surface area contributed by atoms with Gasteiger partial charge in [0, 0.05) is 22.5 Å². The molecule has 4 N–H and O–H groups in total. The molecular formula is C24H22BClN2O5S. The van der Waals surface area contributed by atoms with Gasteiger partial charge in [0.2, 0.25) is 9.84 Å². The molecule has 0 atom stereocenters. The van der Waals surface area contributed by atoms with E-state index in [2.05, 4.69) is 10.3 Å². The molecule has 0 spiro atoms. The van der Waals surface area contributed by atoms with Crippen molar-refractivity contribution >= 4 is 50.8 Å². The van der Waals surface area contributed by atoms with E-state index in [9.17, 15) is 23.3 Å². The third kappa shape index (κ3) is 4.74. The van der Waals surface area contributed by atoms with E-state index in [-0.39, 0.29) is 27.5 Å². The van der Waals surface area contributed by atoms with Crippen LogP contribution in [-0.2, 0) is 16.4 Å². The zero-order valence-corrected chi connectivity index (χ0v) is 20.0. The van der Waals surface area contributed by atoms with Gasteiger partial charge in [-0.2, -0.15) is 0 Å². The Morgan fingerprint density at radius 2 is 1.74 bits per heavy atom. The second-order valence-corrected chi connectivity index (χ2v) is 10.5. The van der Waals surface area contributed by atoms with Gasteiger partial charge in [0.15, 0.2) is 0 Å². The molecule has 0 unspecified atom stereocenters. The van der Waals surface area contributed by atoms with Crippen LogP contribution in [0.15, 0.2) is 70.5 Å². The van der Waals surface area contributed by atoms with E-state index in [0.717, 1.165) is 11.1 Å². The molecule has 174 valence electrons. The Morgan fingerprint density at radius 3 is 2.41 bits per heavy atom. The summed E-state index contributed by atoms with van der Waals surface area (Å²) in [4.78, 5) is 16.1. The quantitative estimate of drug-likeness (QED) is 0.306.